The number of hydrogen-bond donors (Lipinski definition) is 1. The van der Waals surface area contributed by atoms with E-state index in [0.29, 0.717) is 24.3 Å². The predicted octanol–water partition coefficient (Wildman–Crippen LogP) is 3.27. The zero-order valence-electron chi connectivity index (χ0n) is 12.5. The predicted molar refractivity (Wildman–Crippen MR) is 91.6 cm³/mol. The lowest BCUT2D eigenvalue weighted by Crippen LogP contribution is -2.25. The van der Waals surface area contributed by atoms with Gasteiger partial charge in [0.15, 0.2) is 0 Å². The van der Waals surface area contributed by atoms with Crippen LogP contribution in [0.1, 0.15) is 16.8 Å². The van der Waals surface area contributed by atoms with Crippen molar-refractivity contribution >= 4 is 38.9 Å². The van der Waals surface area contributed by atoms with Crippen LogP contribution in [-0.4, -0.2) is 26.6 Å². The van der Waals surface area contributed by atoms with E-state index < -0.39 is 21.7 Å². The maximum Gasteiger partial charge on any atom is 0.255 e. The molecule has 126 valence electrons. The molecular formula is C16H14ClFN2O3S. The Bertz CT molecular complexity index is 902. The standard InChI is InChI=1S/C16H14ClFN2O3S/c17-14-10-13(20-7-2-8-24(20,22)23)5-6-15(14)19-16(21)11-3-1-4-12(18)9-11/h1,3-6,9-10H,2,7-8H2,(H,19,21). The van der Waals surface area contributed by atoms with Gasteiger partial charge in [-0.15, -0.1) is 0 Å². The second-order valence-electron chi connectivity index (χ2n) is 5.37. The molecule has 0 bridgehead atoms. The number of benzene rings is 2. The van der Waals surface area contributed by atoms with Gasteiger partial charge < -0.3 is 5.32 Å². The first-order valence-corrected chi connectivity index (χ1v) is 9.22. The minimum Gasteiger partial charge on any atom is -0.321 e. The van der Waals surface area contributed by atoms with E-state index in [4.69, 9.17) is 11.6 Å². The zero-order valence-corrected chi connectivity index (χ0v) is 14.1. The molecule has 0 unspecified atom stereocenters. The lowest BCUT2D eigenvalue weighted by molar-refractivity contribution is 0.102. The van der Waals surface area contributed by atoms with Crippen molar-refractivity contribution in [1.29, 1.82) is 0 Å². The van der Waals surface area contributed by atoms with E-state index in [0.717, 1.165) is 6.07 Å². The molecule has 8 heteroatoms. The molecule has 3 rings (SSSR count). The quantitative estimate of drug-likeness (QED) is 0.904. The molecule has 1 N–H and O–H groups in total. The minimum atomic E-state index is -3.29. The first-order chi connectivity index (χ1) is 11.4. The van der Waals surface area contributed by atoms with Crippen LogP contribution in [0, 0.1) is 5.82 Å². The molecule has 0 saturated carbocycles. The Kier molecular flexibility index (Phi) is 4.47. The van der Waals surface area contributed by atoms with Gasteiger partial charge in [0.2, 0.25) is 10.0 Å². The van der Waals surface area contributed by atoms with Crippen LogP contribution in [0.4, 0.5) is 15.8 Å². The second kappa shape index (κ2) is 6.41. The van der Waals surface area contributed by atoms with Crippen molar-refractivity contribution in [2.75, 3.05) is 21.9 Å². The third kappa shape index (κ3) is 3.37. The molecule has 1 fully saturated rings. The fraction of sp³-hybridized carbons (Fsp3) is 0.188. The van der Waals surface area contributed by atoms with E-state index in [1.807, 2.05) is 0 Å². The highest BCUT2D eigenvalue weighted by Crippen LogP contribution is 2.31. The molecule has 0 aromatic heterocycles. The Hall–Kier alpha value is -2.12. The van der Waals surface area contributed by atoms with Gasteiger partial charge in [0.25, 0.3) is 5.91 Å². The van der Waals surface area contributed by atoms with Crippen molar-refractivity contribution in [3.8, 4) is 0 Å². The molecular weight excluding hydrogens is 355 g/mol. The van der Waals surface area contributed by atoms with Gasteiger partial charge in [0.1, 0.15) is 5.82 Å². The number of nitrogens with one attached hydrogen (secondary N) is 1. The third-order valence-corrected chi connectivity index (χ3v) is 5.86. The van der Waals surface area contributed by atoms with Gasteiger partial charge in [0.05, 0.1) is 22.2 Å². The van der Waals surface area contributed by atoms with E-state index in [1.165, 1.54) is 34.6 Å². The molecule has 5 nitrogen and oxygen atoms in total. The van der Waals surface area contributed by atoms with Gasteiger partial charge in [-0.05, 0) is 42.8 Å². The van der Waals surface area contributed by atoms with Crippen LogP contribution in [0.5, 0.6) is 0 Å². The zero-order chi connectivity index (χ0) is 17.3. The molecule has 1 heterocycles. The van der Waals surface area contributed by atoms with Crippen LogP contribution < -0.4 is 9.62 Å². The maximum absolute atomic E-state index is 13.2. The van der Waals surface area contributed by atoms with Gasteiger partial charge in [-0.2, -0.15) is 0 Å². The number of amides is 1. The molecule has 1 aliphatic rings. The van der Waals surface area contributed by atoms with Crippen molar-refractivity contribution in [1.82, 2.24) is 0 Å². The fourth-order valence-corrected chi connectivity index (χ4v) is 4.29. The molecule has 1 amide bonds. The summed E-state index contributed by atoms with van der Waals surface area (Å²) in [6, 6.07) is 9.89. The summed E-state index contributed by atoms with van der Waals surface area (Å²) < 4.78 is 38.3. The van der Waals surface area contributed by atoms with Crippen LogP contribution in [0.2, 0.25) is 5.02 Å². The average Bonchev–Trinajstić information content (AvgIpc) is 2.88. The van der Waals surface area contributed by atoms with Gasteiger partial charge >= 0.3 is 0 Å². The molecule has 2 aromatic carbocycles. The van der Waals surface area contributed by atoms with Crippen molar-refractivity contribution in [2.24, 2.45) is 0 Å². The van der Waals surface area contributed by atoms with Crippen LogP contribution >= 0.6 is 11.6 Å². The average molecular weight is 369 g/mol. The van der Waals surface area contributed by atoms with Crippen LogP contribution in [0.3, 0.4) is 0 Å². The topological polar surface area (TPSA) is 66.5 Å². The number of nitrogens with zero attached hydrogens (tertiary/aromatic N) is 1. The summed E-state index contributed by atoms with van der Waals surface area (Å²) >= 11 is 6.15. The van der Waals surface area contributed by atoms with Crippen molar-refractivity contribution in [3.63, 3.8) is 0 Å². The van der Waals surface area contributed by atoms with Crippen LogP contribution in [0.25, 0.3) is 0 Å². The van der Waals surface area contributed by atoms with Crippen LogP contribution in [-0.2, 0) is 10.0 Å². The van der Waals surface area contributed by atoms with E-state index in [2.05, 4.69) is 5.32 Å². The minimum absolute atomic E-state index is 0.114. The third-order valence-electron chi connectivity index (χ3n) is 3.67. The Morgan fingerprint density at radius 2 is 2.00 bits per heavy atom. The van der Waals surface area contributed by atoms with Gasteiger partial charge in [-0.3, -0.25) is 9.10 Å². The second-order valence-corrected chi connectivity index (χ2v) is 7.79. The summed E-state index contributed by atoms with van der Waals surface area (Å²) in [5.41, 5.74) is 0.949. The van der Waals surface area contributed by atoms with E-state index in [9.17, 15) is 17.6 Å². The number of halogens is 2. The normalized spacial score (nSPS) is 16.2. The summed E-state index contributed by atoms with van der Waals surface area (Å²) in [6.07, 6.45) is 0.567. The smallest absolute Gasteiger partial charge is 0.255 e. The molecule has 2 aromatic rings. The van der Waals surface area contributed by atoms with Gasteiger partial charge in [-0.25, -0.2) is 12.8 Å². The number of carbonyl (C=O) groups excluding carboxylic acids is 1. The summed E-state index contributed by atoms with van der Waals surface area (Å²) in [6.45, 7) is 0.410. The Morgan fingerprint density at radius 1 is 1.21 bits per heavy atom. The lowest BCUT2D eigenvalue weighted by atomic mass is 10.2. The Morgan fingerprint density at radius 3 is 2.62 bits per heavy atom. The van der Waals surface area contributed by atoms with E-state index >= 15 is 0 Å². The van der Waals surface area contributed by atoms with Crippen LogP contribution in [0.15, 0.2) is 42.5 Å². The fourth-order valence-electron chi connectivity index (χ4n) is 2.51. The molecule has 0 spiro atoms. The number of carbonyl (C=O) groups is 1. The lowest BCUT2D eigenvalue weighted by Gasteiger charge is -2.18. The molecule has 0 radical (unpaired) electrons. The highest BCUT2D eigenvalue weighted by molar-refractivity contribution is 7.93. The summed E-state index contributed by atoms with van der Waals surface area (Å²) in [7, 11) is -3.29. The summed E-state index contributed by atoms with van der Waals surface area (Å²) in [5.74, 6) is -0.899. The van der Waals surface area contributed by atoms with E-state index in [-0.39, 0.29) is 16.3 Å². The molecule has 0 aliphatic carbocycles. The molecule has 0 atom stereocenters. The number of anilines is 2. The maximum atomic E-state index is 13.2. The first kappa shape index (κ1) is 16.7. The number of sulfonamides is 1. The number of hydrogen-bond acceptors (Lipinski definition) is 3. The van der Waals surface area contributed by atoms with Crippen molar-refractivity contribution in [2.45, 2.75) is 6.42 Å². The largest absolute Gasteiger partial charge is 0.321 e. The Labute approximate surface area is 144 Å². The van der Waals surface area contributed by atoms with Crippen molar-refractivity contribution < 1.29 is 17.6 Å². The summed E-state index contributed by atoms with van der Waals surface area (Å²) in [4.78, 5) is 12.1. The summed E-state index contributed by atoms with van der Waals surface area (Å²) in [5, 5.41) is 2.79. The van der Waals surface area contributed by atoms with Gasteiger partial charge in [-0.1, -0.05) is 17.7 Å². The van der Waals surface area contributed by atoms with Crippen molar-refractivity contribution in [3.05, 3.63) is 58.9 Å². The number of rotatable bonds is 3. The highest BCUT2D eigenvalue weighted by atomic mass is 35.5. The molecule has 24 heavy (non-hydrogen) atoms. The molecule has 1 saturated heterocycles. The Balaban J connectivity index is 1.82. The first-order valence-electron chi connectivity index (χ1n) is 7.24. The SMILES string of the molecule is O=C(Nc1ccc(N2CCCS2(=O)=O)cc1Cl)c1cccc(F)c1. The van der Waals surface area contributed by atoms with E-state index in [1.54, 1.807) is 6.07 Å². The highest BCUT2D eigenvalue weighted by Gasteiger charge is 2.28. The monoisotopic (exact) mass is 368 g/mol. The molecule has 1 aliphatic heterocycles. The van der Waals surface area contributed by atoms with Gasteiger partial charge in [0, 0.05) is 12.1 Å².